The van der Waals surface area contributed by atoms with Gasteiger partial charge in [-0.1, -0.05) is 0 Å². The summed E-state index contributed by atoms with van der Waals surface area (Å²) in [6.45, 7) is 7.95. The molecular formula is C23H32N6O5. The number of hydrogen-bond acceptors (Lipinski definition) is 7. The number of piperidine rings is 1. The molecule has 1 aromatic rings. The largest absolute Gasteiger partial charge is 0.444 e. The van der Waals surface area contributed by atoms with Crippen molar-refractivity contribution in [2.75, 3.05) is 38.1 Å². The van der Waals surface area contributed by atoms with Crippen LogP contribution in [0.2, 0.25) is 0 Å². The Balaban J connectivity index is 1.53. The van der Waals surface area contributed by atoms with Gasteiger partial charge in [0.05, 0.1) is 0 Å². The van der Waals surface area contributed by atoms with Gasteiger partial charge in [-0.15, -0.1) is 0 Å². The van der Waals surface area contributed by atoms with Crippen molar-refractivity contribution < 1.29 is 23.9 Å². The fourth-order valence-electron chi connectivity index (χ4n) is 3.68. The van der Waals surface area contributed by atoms with Gasteiger partial charge in [-0.05, 0) is 51.5 Å². The molecule has 2 saturated heterocycles. The van der Waals surface area contributed by atoms with Crippen LogP contribution in [-0.2, 0) is 14.3 Å². The Kier molecular flexibility index (Phi) is 7.43. The van der Waals surface area contributed by atoms with Crippen molar-refractivity contribution >= 4 is 35.5 Å². The molecule has 2 heterocycles. The average Bonchev–Trinajstić information content (AvgIpc) is 2.79. The number of piperazine rings is 1. The number of carbonyl (C=O) groups excluding carboxylic acids is 4. The quantitative estimate of drug-likeness (QED) is 0.347. The minimum atomic E-state index is -0.804. The minimum absolute atomic E-state index is 0.0221. The number of imide groups is 1. The van der Waals surface area contributed by atoms with Gasteiger partial charge in [-0.3, -0.25) is 25.2 Å². The summed E-state index contributed by atoms with van der Waals surface area (Å²) in [5, 5.41) is 13.1. The monoisotopic (exact) mass is 472 g/mol. The number of rotatable bonds is 3. The first-order valence-electron chi connectivity index (χ1n) is 11.2. The second-order valence-corrected chi connectivity index (χ2v) is 9.36. The molecule has 0 bridgehead atoms. The zero-order valence-electron chi connectivity index (χ0n) is 20.0. The summed E-state index contributed by atoms with van der Waals surface area (Å²) in [6.07, 6.45) is 0.0771. The fourth-order valence-corrected chi connectivity index (χ4v) is 3.68. The van der Waals surface area contributed by atoms with E-state index in [0.29, 0.717) is 31.7 Å². The molecule has 0 radical (unpaired) electrons. The van der Waals surface area contributed by atoms with Gasteiger partial charge in [0, 0.05) is 50.9 Å². The summed E-state index contributed by atoms with van der Waals surface area (Å²) in [4.78, 5) is 52.8. The van der Waals surface area contributed by atoms with Gasteiger partial charge in [-0.2, -0.15) is 0 Å². The Morgan fingerprint density at radius 1 is 1.12 bits per heavy atom. The van der Waals surface area contributed by atoms with Crippen LogP contribution in [0.4, 0.5) is 15.3 Å². The highest BCUT2D eigenvalue weighted by atomic mass is 16.6. The lowest BCUT2D eigenvalue weighted by Crippen LogP contribution is -2.55. The third kappa shape index (κ3) is 6.24. The Labute approximate surface area is 198 Å². The Hall–Kier alpha value is -3.63. The lowest BCUT2D eigenvalue weighted by molar-refractivity contribution is -0.134. The molecule has 2 fully saturated rings. The van der Waals surface area contributed by atoms with Crippen LogP contribution in [0.15, 0.2) is 24.3 Å². The van der Waals surface area contributed by atoms with Crippen LogP contribution in [0.3, 0.4) is 0 Å². The zero-order chi connectivity index (χ0) is 25.0. The summed E-state index contributed by atoms with van der Waals surface area (Å²) in [5.74, 6) is -0.922. The van der Waals surface area contributed by atoms with Crippen LogP contribution >= 0.6 is 0 Å². The van der Waals surface area contributed by atoms with Gasteiger partial charge in [0.2, 0.25) is 11.8 Å². The van der Waals surface area contributed by atoms with Gasteiger partial charge in [0.1, 0.15) is 17.5 Å². The maximum absolute atomic E-state index is 12.5. The third-order valence-corrected chi connectivity index (χ3v) is 5.61. The smallest absolute Gasteiger partial charge is 0.410 e. The van der Waals surface area contributed by atoms with E-state index in [9.17, 15) is 19.2 Å². The summed E-state index contributed by atoms with van der Waals surface area (Å²) in [7, 11) is 1.45. The van der Waals surface area contributed by atoms with E-state index >= 15 is 0 Å². The molecule has 0 aliphatic carbocycles. The lowest BCUT2D eigenvalue weighted by Gasteiger charge is -2.36. The first-order chi connectivity index (χ1) is 15.9. The second-order valence-electron chi connectivity index (χ2n) is 9.36. The van der Waals surface area contributed by atoms with Gasteiger partial charge in [-0.25, -0.2) is 9.59 Å². The van der Waals surface area contributed by atoms with E-state index < -0.39 is 23.6 Å². The number of nitrogens with zero attached hydrogens (tertiary/aromatic N) is 3. The zero-order valence-corrected chi connectivity index (χ0v) is 20.0. The Morgan fingerprint density at radius 2 is 1.74 bits per heavy atom. The summed E-state index contributed by atoms with van der Waals surface area (Å²) >= 11 is 0. The van der Waals surface area contributed by atoms with Crippen molar-refractivity contribution in [1.82, 2.24) is 20.4 Å². The fraction of sp³-hybridized carbons (Fsp3) is 0.522. The number of nitrogens with one attached hydrogen (secondary N) is 3. The van der Waals surface area contributed by atoms with E-state index in [2.05, 4.69) is 15.5 Å². The minimum Gasteiger partial charge on any atom is -0.444 e. The van der Waals surface area contributed by atoms with E-state index in [4.69, 9.17) is 10.1 Å². The van der Waals surface area contributed by atoms with E-state index in [0.717, 1.165) is 10.6 Å². The Bertz CT molecular complexity index is 963. The highest BCUT2D eigenvalue weighted by Crippen LogP contribution is 2.19. The highest BCUT2D eigenvalue weighted by Gasteiger charge is 2.30. The molecule has 2 aliphatic rings. The van der Waals surface area contributed by atoms with Crippen LogP contribution < -0.4 is 15.5 Å². The van der Waals surface area contributed by atoms with E-state index in [1.54, 1.807) is 17.0 Å². The lowest BCUT2D eigenvalue weighted by atomic mass is 10.1. The molecule has 3 rings (SSSR count). The van der Waals surface area contributed by atoms with Crippen LogP contribution in [0.25, 0.3) is 0 Å². The van der Waals surface area contributed by atoms with Crippen molar-refractivity contribution in [3.05, 3.63) is 29.8 Å². The highest BCUT2D eigenvalue weighted by molar-refractivity contribution is 6.07. The predicted molar refractivity (Wildman–Crippen MR) is 126 cm³/mol. The van der Waals surface area contributed by atoms with Crippen molar-refractivity contribution in [2.45, 2.75) is 45.3 Å². The second kappa shape index (κ2) is 10.1. The molecule has 184 valence electrons. The molecule has 0 aromatic heterocycles. The van der Waals surface area contributed by atoms with Gasteiger partial charge < -0.3 is 19.9 Å². The molecule has 34 heavy (non-hydrogen) atoms. The molecule has 1 atom stereocenters. The maximum Gasteiger partial charge on any atom is 0.410 e. The van der Waals surface area contributed by atoms with Crippen molar-refractivity contribution in [1.29, 1.82) is 5.41 Å². The molecule has 0 spiro atoms. The van der Waals surface area contributed by atoms with E-state index in [1.807, 2.05) is 32.9 Å². The molecule has 3 N–H and O–H groups in total. The summed E-state index contributed by atoms with van der Waals surface area (Å²) in [6, 6.07) is 5.86. The normalized spacial score (nSPS) is 18.8. The van der Waals surface area contributed by atoms with Crippen molar-refractivity contribution in [2.24, 2.45) is 0 Å². The maximum atomic E-state index is 12.5. The average molecular weight is 473 g/mol. The molecule has 1 unspecified atom stereocenters. The topological polar surface area (TPSA) is 135 Å². The van der Waals surface area contributed by atoms with Crippen LogP contribution in [0, 0.1) is 5.41 Å². The van der Waals surface area contributed by atoms with Crippen LogP contribution in [0.5, 0.6) is 0 Å². The van der Waals surface area contributed by atoms with Crippen LogP contribution in [-0.4, -0.2) is 84.4 Å². The standard InChI is InChI=1S/C23H32N6O5/c1-23(2,3)34-22(33)29-13-11-28(12-14-29)16-7-5-15(6-8-16)19(24)27(4)21(32)25-17-9-10-18(30)26-20(17)31/h5-8,17,24H,9-14H2,1-4H3,(H,25,32)(H,26,30,31). The van der Waals surface area contributed by atoms with Crippen LogP contribution in [0.1, 0.15) is 39.2 Å². The molecule has 2 aliphatic heterocycles. The number of ether oxygens (including phenoxy) is 1. The number of urea groups is 1. The molecule has 11 heteroatoms. The number of hydrogen-bond donors (Lipinski definition) is 3. The van der Waals surface area contributed by atoms with Gasteiger partial charge in [0.25, 0.3) is 0 Å². The number of benzene rings is 1. The number of amides is 5. The summed E-state index contributed by atoms with van der Waals surface area (Å²) < 4.78 is 5.43. The SMILES string of the molecule is CN(C(=N)c1ccc(N2CCN(C(=O)OC(C)(C)C)CC2)cc1)C(=O)NC1CCC(=O)NC1=O. The summed E-state index contributed by atoms with van der Waals surface area (Å²) in [5.41, 5.74) is 0.966. The van der Waals surface area contributed by atoms with E-state index in [-0.39, 0.29) is 30.7 Å². The molecule has 11 nitrogen and oxygen atoms in total. The number of carbonyl (C=O) groups is 4. The van der Waals surface area contributed by atoms with Crippen molar-refractivity contribution in [3.8, 4) is 0 Å². The number of anilines is 1. The first kappa shape index (κ1) is 25.0. The molecule has 5 amide bonds. The molecular weight excluding hydrogens is 440 g/mol. The third-order valence-electron chi connectivity index (χ3n) is 5.61. The van der Waals surface area contributed by atoms with E-state index in [1.165, 1.54) is 7.05 Å². The van der Waals surface area contributed by atoms with Gasteiger partial charge in [0.15, 0.2) is 0 Å². The first-order valence-corrected chi connectivity index (χ1v) is 11.2. The Morgan fingerprint density at radius 3 is 2.29 bits per heavy atom. The van der Waals surface area contributed by atoms with Gasteiger partial charge >= 0.3 is 12.1 Å². The molecule has 0 saturated carbocycles. The predicted octanol–water partition coefficient (Wildman–Crippen LogP) is 1.52. The number of amidine groups is 1. The van der Waals surface area contributed by atoms with Crippen molar-refractivity contribution in [3.63, 3.8) is 0 Å². The molecule has 1 aromatic carbocycles.